The summed E-state index contributed by atoms with van der Waals surface area (Å²) in [5, 5.41) is 21.9. The third kappa shape index (κ3) is 7.15. The van der Waals surface area contributed by atoms with Gasteiger partial charge in [0.25, 0.3) is 5.91 Å². The van der Waals surface area contributed by atoms with E-state index in [9.17, 15) is 19.8 Å². The molecule has 2 saturated heterocycles. The Kier molecular flexibility index (Phi) is 9.28. The molecular weight excluding hydrogens is 476 g/mol. The van der Waals surface area contributed by atoms with Gasteiger partial charge in [0.15, 0.2) is 12.4 Å². The van der Waals surface area contributed by atoms with E-state index in [4.69, 9.17) is 14.2 Å². The summed E-state index contributed by atoms with van der Waals surface area (Å²) in [5.41, 5.74) is 3.23. The van der Waals surface area contributed by atoms with Crippen LogP contribution >= 0.6 is 0 Å². The SMILES string of the molecule is CC(=O)O[C@@H](C)C(=O)Nc1ccc([C@H]2O[C@@H](CN3CCC[C@H]3CO)C[C@@H](c3ccc(CO)cc3)O2)cc1. The first-order valence-electron chi connectivity index (χ1n) is 12.8. The molecule has 0 bridgehead atoms. The van der Waals surface area contributed by atoms with E-state index < -0.39 is 24.3 Å². The number of hydrogen-bond donors (Lipinski definition) is 3. The summed E-state index contributed by atoms with van der Waals surface area (Å²) >= 11 is 0. The number of benzene rings is 2. The number of esters is 1. The number of amides is 1. The summed E-state index contributed by atoms with van der Waals surface area (Å²) in [5.74, 6) is -0.928. The van der Waals surface area contributed by atoms with Gasteiger partial charge in [-0.05, 0) is 49.6 Å². The number of hydrogen-bond acceptors (Lipinski definition) is 8. The third-order valence-corrected chi connectivity index (χ3v) is 6.93. The van der Waals surface area contributed by atoms with Crippen molar-refractivity contribution in [2.24, 2.45) is 0 Å². The van der Waals surface area contributed by atoms with E-state index >= 15 is 0 Å². The van der Waals surface area contributed by atoms with E-state index in [-0.39, 0.29) is 31.5 Å². The smallest absolute Gasteiger partial charge is 0.303 e. The van der Waals surface area contributed by atoms with E-state index in [1.54, 1.807) is 12.1 Å². The summed E-state index contributed by atoms with van der Waals surface area (Å²) in [4.78, 5) is 25.7. The molecule has 200 valence electrons. The van der Waals surface area contributed by atoms with Gasteiger partial charge in [-0.15, -0.1) is 0 Å². The van der Waals surface area contributed by atoms with Gasteiger partial charge in [-0.2, -0.15) is 0 Å². The molecule has 2 aromatic rings. The first-order valence-corrected chi connectivity index (χ1v) is 12.8. The molecule has 4 rings (SSSR count). The average Bonchev–Trinajstić information content (AvgIpc) is 3.35. The number of nitrogens with zero attached hydrogens (tertiary/aromatic N) is 1. The number of likely N-dealkylation sites (tertiary alicyclic amines) is 1. The molecule has 0 saturated carbocycles. The molecule has 2 aromatic carbocycles. The molecule has 0 aliphatic carbocycles. The summed E-state index contributed by atoms with van der Waals surface area (Å²) in [6, 6.07) is 15.1. The van der Waals surface area contributed by atoms with Gasteiger partial charge in [-0.1, -0.05) is 36.4 Å². The molecule has 2 fully saturated rings. The largest absolute Gasteiger partial charge is 0.453 e. The van der Waals surface area contributed by atoms with Crippen molar-refractivity contribution in [1.82, 2.24) is 4.90 Å². The fourth-order valence-electron chi connectivity index (χ4n) is 4.91. The van der Waals surface area contributed by atoms with Gasteiger partial charge in [-0.25, -0.2) is 0 Å². The molecule has 37 heavy (non-hydrogen) atoms. The summed E-state index contributed by atoms with van der Waals surface area (Å²) < 4.78 is 17.7. The van der Waals surface area contributed by atoms with E-state index in [0.29, 0.717) is 18.7 Å². The highest BCUT2D eigenvalue weighted by Crippen LogP contribution is 2.39. The standard InChI is InChI=1S/C28H36N2O7/c1-18(35-19(2)33)27(34)29-23-11-9-22(10-12-23)28-36-25(15-30-13-3-4-24(30)17-32)14-26(37-28)21-7-5-20(16-31)6-8-21/h5-12,18,24-26,28,31-32H,3-4,13-17H2,1-2H3,(H,29,34)/t18-,24-,25+,26-,28-/m0/s1. The lowest BCUT2D eigenvalue weighted by Crippen LogP contribution is -2.42. The number of anilines is 1. The first kappa shape index (κ1) is 27.2. The molecule has 1 amide bonds. The van der Waals surface area contributed by atoms with E-state index in [2.05, 4.69) is 10.2 Å². The molecule has 5 atom stereocenters. The van der Waals surface area contributed by atoms with Crippen LogP contribution in [0.25, 0.3) is 0 Å². The maximum Gasteiger partial charge on any atom is 0.303 e. The summed E-state index contributed by atoms with van der Waals surface area (Å²) in [7, 11) is 0. The Morgan fingerprint density at radius 2 is 1.78 bits per heavy atom. The topological polar surface area (TPSA) is 118 Å². The number of nitrogens with one attached hydrogen (secondary N) is 1. The number of carbonyl (C=O) groups is 2. The number of rotatable bonds is 9. The Hall–Kier alpha value is -2.82. The third-order valence-electron chi connectivity index (χ3n) is 6.93. The Morgan fingerprint density at radius 1 is 1.08 bits per heavy atom. The highest BCUT2D eigenvalue weighted by molar-refractivity contribution is 5.94. The van der Waals surface area contributed by atoms with Crippen LogP contribution in [-0.4, -0.2) is 64.9 Å². The van der Waals surface area contributed by atoms with Gasteiger partial charge in [0.2, 0.25) is 0 Å². The zero-order chi connectivity index (χ0) is 26.4. The fraction of sp³-hybridized carbons (Fsp3) is 0.500. The minimum atomic E-state index is -0.894. The molecule has 9 heteroatoms. The van der Waals surface area contributed by atoms with Gasteiger partial charge >= 0.3 is 5.97 Å². The van der Waals surface area contributed by atoms with Crippen molar-refractivity contribution in [1.29, 1.82) is 0 Å². The number of ether oxygens (including phenoxy) is 3. The molecule has 0 radical (unpaired) electrons. The zero-order valence-corrected chi connectivity index (χ0v) is 21.3. The molecule has 3 N–H and O–H groups in total. The van der Waals surface area contributed by atoms with Crippen molar-refractivity contribution in [2.75, 3.05) is 25.0 Å². The summed E-state index contributed by atoms with van der Waals surface area (Å²) in [6.07, 6.45) is 0.917. The highest BCUT2D eigenvalue weighted by atomic mass is 16.7. The lowest BCUT2D eigenvalue weighted by molar-refractivity contribution is -0.253. The van der Waals surface area contributed by atoms with E-state index in [1.165, 1.54) is 13.8 Å². The Morgan fingerprint density at radius 3 is 2.43 bits per heavy atom. The van der Waals surface area contributed by atoms with Crippen molar-refractivity contribution in [2.45, 2.75) is 70.4 Å². The lowest BCUT2D eigenvalue weighted by atomic mass is 9.99. The maximum absolute atomic E-state index is 12.3. The Bertz CT molecular complexity index is 1040. The van der Waals surface area contributed by atoms with Gasteiger partial charge in [0.05, 0.1) is 25.4 Å². The van der Waals surface area contributed by atoms with Gasteiger partial charge < -0.3 is 29.7 Å². The molecule has 0 aromatic heterocycles. The van der Waals surface area contributed by atoms with Crippen molar-refractivity contribution < 1.29 is 34.0 Å². The monoisotopic (exact) mass is 512 g/mol. The lowest BCUT2D eigenvalue weighted by Gasteiger charge is -2.38. The van der Waals surface area contributed by atoms with Gasteiger partial charge in [0, 0.05) is 37.2 Å². The normalized spacial score (nSPS) is 25.0. The second-order valence-electron chi connectivity index (χ2n) is 9.69. The molecule has 2 aliphatic rings. The Labute approximate surface area is 217 Å². The van der Waals surface area contributed by atoms with Crippen molar-refractivity contribution in [3.8, 4) is 0 Å². The minimum absolute atomic E-state index is 0.0137. The molecule has 0 spiro atoms. The number of aliphatic hydroxyl groups excluding tert-OH is 2. The molecule has 0 unspecified atom stereocenters. The van der Waals surface area contributed by atoms with E-state index in [1.807, 2.05) is 36.4 Å². The van der Waals surface area contributed by atoms with Crippen LogP contribution in [0.5, 0.6) is 0 Å². The molecule has 9 nitrogen and oxygen atoms in total. The van der Waals surface area contributed by atoms with Gasteiger partial charge in [0.1, 0.15) is 0 Å². The quantitative estimate of drug-likeness (QED) is 0.439. The van der Waals surface area contributed by atoms with Crippen LogP contribution in [0.4, 0.5) is 5.69 Å². The number of carbonyl (C=O) groups excluding carboxylic acids is 2. The average molecular weight is 513 g/mol. The van der Waals surface area contributed by atoms with Crippen molar-refractivity contribution in [3.63, 3.8) is 0 Å². The second-order valence-corrected chi connectivity index (χ2v) is 9.69. The summed E-state index contributed by atoms with van der Waals surface area (Å²) in [6.45, 7) is 4.55. The highest BCUT2D eigenvalue weighted by Gasteiger charge is 2.35. The van der Waals surface area contributed by atoms with Crippen LogP contribution < -0.4 is 5.32 Å². The maximum atomic E-state index is 12.3. The van der Waals surface area contributed by atoms with Crippen LogP contribution in [0.3, 0.4) is 0 Å². The molecular formula is C28H36N2O7. The minimum Gasteiger partial charge on any atom is -0.453 e. The van der Waals surface area contributed by atoms with Gasteiger partial charge in [-0.3, -0.25) is 14.5 Å². The van der Waals surface area contributed by atoms with Crippen LogP contribution in [0.1, 0.15) is 62.2 Å². The predicted molar refractivity (Wildman–Crippen MR) is 136 cm³/mol. The number of aliphatic hydroxyl groups is 2. The van der Waals surface area contributed by atoms with Crippen LogP contribution in [0.15, 0.2) is 48.5 Å². The van der Waals surface area contributed by atoms with Crippen molar-refractivity contribution >= 4 is 17.6 Å². The van der Waals surface area contributed by atoms with Crippen LogP contribution in [0.2, 0.25) is 0 Å². The molecule has 2 aliphatic heterocycles. The Balaban J connectivity index is 1.48. The van der Waals surface area contributed by atoms with Crippen LogP contribution in [-0.2, 0) is 30.4 Å². The van der Waals surface area contributed by atoms with Crippen molar-refractivity contribution in [3.05, 3.63) is 65.2 Å². The molecule has 2 heterocycles. The zero-order valence-electron chi connectivity index (χ0n) is 21.3. The van der Waals surface area contributed by atoms with Crippen LogP contribution in [0, 0.1) is 0 Å². The predicted octanol–water partition coefficient (Wildman–Crippen LogP) is 3.07. The van der Waals surface area contributed by atoms with E-state index in [0.717, 1.165) is 36.1 Å². The first-order chi connectivity index (χ1) is 17.9. The fourth-order valence-corrected chi connectivity index (χ4v) is 4.91. The second kappa shape index (κ2) is 12.6.